The SMILES string of the molecule is CCn1nc(C)cc1CC(=O)C1COc2ccccc2O1. The number of hydrogen-bond donors (Lipinski definition) is 0. The van der Waals surface area contributed by atoms with E-state index in [0.29, 0.717) is 17.9 Å². The number of nitrogens with zero attached hydrogens (tertiary/aromatic N) is 2. The van der Waals surface area contributed by atoms with Gasteiger partial charge < -0.3 is 9.47 Å². The topological polar surface area (TPSA) is 53.4 Å². The third-order valence-electron chi connectivity index (χ3n) is 3.51. The van der Waals surface area contributed by atoms with E-state index < -0.39 is 6.10 Å². The summed E-state index contributed by atoms with van der Waals surface area (Å²) in [5, 5.41) is 4.36. The molecule has 2 aromatic rings. The lowest BCUT2D eigenvalue weighted by Gasteiger charge is -2.25. The third-order valence-corrected chi connectivity index (χ3v) is 3.51. The van der Waals surface area contributed by atoms with Gasteiger partial charge in [0.05, 0.1) is 12.1 Å². The lowest BCUT2D eigenvalue weighted by Crippen LogP contribution is -2.37. The van der Waals surface area contributed by atoms with Crippen LogP contribution in [0.2, 0.25) is 0 Å². The molecule has 0 radical (unpaired) electrons. The van der Waals surface area contributed by atoms with Crippen LogP contribution in [0.25, 0.3) is 0 Å². The van der Waals surface area contributed by atoms with E-state index in [0.717, 1.165) is 17.9 Å². The second-order valence-electron chi connectivity index (χ2n) is 5.10. The van der Waals surface area contributed by atoms with Crippen LogP contribution in [-0.2, 0) is 17.8 Å². The molecule has 110 valence electrons. The average molecular weight is 286 g/mol. The molecule has 1 aliphatic heterocycles. The Bertz CT molecular complexity index is 663. The molecule has 0 aliphatic carbocycles. The van der Waals surface area contributed by atoms with Crippen molar-refractivity contribution in [3.05, 3.63) is 41.7 Å². The van der Waals surface area contributed by atoms with Gasteiger partial charge in [0.15, 0.2) is 23.4 Å². The number of carbonyl (C=O) groups is 1. The van der Waals surface area contributed by atoms with Crippen molar-refractivity contribution in [3.63, 3.8) is 0 Å². The van der Waals surface area contributed by atoms with Gasteiger partial charge in [0, 0.05) is 12.2 Å². The van der Waals surface area contributed by atoms with Crippen LogP contribution in [0.15, 0.2) is 30.3 Å². The zero-order valence-corrected chi connectivity index (χ0v) is 12.2. The van der Waals surface area contributed by atoms with E-state index in [9.17, 15) is 4.79 Å². The monoisotopic (exact) mass is 286 g/mol. The second-order valence-corrected chi connectivity index (χ2v) is 5.10. The zero-order valence-electron chi connectivity index (χ0n) is 12.2. The van der Waals surface area contributed by atoms with Gasteiger partial charge in [-0.15, -0.1) is 0 Å². The summed E-state index contributed by atoms with van der Waals surface area (Å²) in [5.41, 5.74) is 1.84. The number of ether oxygens (including phenoxy) is 2. The Kier molecular flexibility index (Phi) is 3.64. The molecule has 1 aliphatic rings. The minimum Gasteiger partial charge on any atom is -0.485 e. The number of rotatable bonds is 4. The molecule has 0 saturated heterocycles. The minimum atomic E-state index is -0.555. The maximum atomic E-state index is 12.4. The minimum absolute atomic E-state index is 0.0131. The first kappa shape index (κ1) is 13.7. The normalized spacial score (nSPS) is 16.8. The van der Waals surface area contributed by atoms with E-state index in [-0.39, 0.29) is 12.4 Å². The number of carbonyl (C=O) groups excluding carboxylic acids is 1. The second kappa shape index (κ2) is 5.60. The maximum Gasteiger partial charge on any atom is 0.191 e. The highest BCUT2D eigenvalue weighted by Crippen LogP contribution is 2.31. The van der Waals surface area contributed by atoms with Crippen molar-refractivity contribution in [2.24, 2.45) is 0 Å². The number of hydrogen-bond acceptors (Lipinski definition) is 4. The van der Waals surface area contributed by atoms with E-state index in [1.54, 1.807) is 0 Å². The summed E-state index contributed by atoms with van der Waals surface area (Å²) in [7, 11) is 0. The van der Waals surface area contributed by atoms with Crippen LogP contribution in [0.3, 0.4) is 0 Å². The quantitative estimate of drug-likeness (QED) is 0.864. The molecule has 0 bridgehead atoms. The van der Waals surface area contributed by atoms with Gasteiger partial charge in [0.25, 0.3) is 0 Å². The van der Waals surface area contributed by atoms with E-state index in [4.69, 9.17) is 9.47 Å². The third kappa shape index (κ3) is 2.77. The molecule has 1 aromatic carbocycles. The summed E-state index contributed by atoms with van der Waals surface area (Å²) >= 11 is 0. The van der Waals surface area contributed by atoms with Crippen molar-refractivity contribution in [3.8, 4) is 11.5 Å². The smallest absolute Gasteiger partial charge is 0.191 e. The molecule has 0 saturated carbocycles. The fourth-order valence-electron chi connectivity index (χ4n) is 2.49. The molecule has 0 fully saturated rings. The molecule has 1 unspecified atom stereocenters. The van der Waals surface area contributed by atoms with Crippen molar-refractivity contribution in [1.82, 2.24) is 9.78 Å². The molecule has 0 N–H and O–H groups in total. The maximum absolute atomic E-state index is 12.4. The Hall–Kier alpha value is -2.30. The largest absolute Gasteiger partial charge is 0.485 e. The Morgan fingerprint density at radius 1 is 1.38 bits per heavy atom. The standard InChI is InChI=1S/C16H18N2O3/c1-3-18-12(8-11(2)17-18)9-13(19)16-10-20-14-6-4-5-7-15(14)21-16/h4-8,16H,3,9-10H2,1-2H3. The molecule has 3 rings (SSSR count). The van der Waals surface area contributed by atoms with Crippen LogP contribution in [0.5, 0.6) is 11.5 Å². The van der Waals surface area contributed by atoms with Crippen molar-refractivity contribution in [2.75, 3.05) is 6.61 Å². The summed E-state index contributed by atoms with van der Waals surface area (Å²) in [6, 6.07) is 9.34. The van der Waals surface area contributed by atoms with Gasteiger partial charge in [0.1, 0.15) is 6.61 Å². The molecular weight excluding hydrogens is 268 g/mol. The zero-order chi connectivity index (χ0) is 14.8. The number of Topliss-reactive ketones (excluding diaryl/α,β-unsaturated/α-hetero) is 1. The van der Waals surface area contributed by atoms with Gasteiger partial charge in [-0.2, -0.15) is 5.10 Å². The van der Waals surface area contributed by atoms with Gasteiger partial charge in [-0.05, 0) is 32.0 Å². The summed E-state index contributed by atoms with van der Waals surface area (Å²) in [4.78, 5) is 12.4. The molecule has 21 heavy (non-hydrogen) atoms. The van der Waals surface area contributed by atoms with Crippen molar-refractivity contribution in [1.29, 1.82) is 0 Å². The van der Waals surface area contributed by atoms with Gasteiger partial charge in [-0.3, -0.25) is 9.48 Å². The van der Waals surface area contributed by atoms with Gasteiger partial charge in [-0.1, -0.05) is 12.1 Å². The van der Waals surface area contributed by atoms with Crippen LogP contribution in [-0.4, -0.2) is 28.3 Å². The fraction of sp³-hybridized carbons (Fsp3) is 0.375. The first-order chi connectivity index (χ1) is 10.2. The summed E-state index contributed by atoms with van der Waals surface area (Å²) in [6.07, 6.45) is -0.245. The highest BCUT2D eigenvalue weighted by atomic mass is 16.6. The van der Waals surface area contributed by atoms with Gasteiger partial charge in [0.2, 0.25) is 0 Å². The molecule has 2 heterocycles. The summed E-state index contributed by atoms with van der Waals surface area (Å²) < 4.78 is 13.2. The first-order valence-corrected chi connectivity index (χ1v) is 7.12. The molecule has 1 atom stereocenters. The van der Waals surface area contributed by atoms with Crippen LogP contribution in [0.1, 0.15) is 18.3 Å². The lowest BCUT2D eigenvalue weighted by molar-refractivity contribution is -0.127. The number of aromatic nitrogens is 2. The van der Waals surface area contributed by atoms with Crippen molar-refractivity contribution in [2.45, 2.75) is 32.9 Å². The highest BCUT2D eigenvalue weighted by molar-refractivity contribution is 5.85. The van der Waals surface area contributed by atoms with E-state index in [2.05, 4.69) is 5.10 Å². The number of para-hydroxylation sites is 2. The molecule has 5 nitrogen and oxygen atoms in total. The van der Waals surface area contributed by atoms with Crippen LogP contribution >= 0.6 is 0 Å². The summed E-state index contributed by atoms with van der Waals surface area (Å²) in [6.45, 7) is 4.95. The Morgan fingerprint density at radius 3 is 2.90 bits per heavy atom. The van der Waals surface area contributed by atoms with E-state index in [1.165, 1.54) is 0 Å². The number of aryl methyl sites for hydroxylation is 2. The van der Waals surface area contributed by atoms with E-state index in [1.807, 2.05) is 48.9 Å². The van der Waals surface area contributed by atoms with Gasteiger partial charge in [-0.25, -0.2) is 0 Å². The Morgan fingerprint density at radius 2 is 2.14 bits per heavy atom. The lowest BCUT2D eigenvalue weighted by atomic mass is 10.1. The Balaban J connectivity index is 1.72. The molecule has 1 aromatic heterocycles. The van der Waals surface area contributed by atoms with Crippen molar-refractivity contribution < 1.29 is 14.3 Å². The molecule has 0 spiro atoms. The molecule has 0 amide bonds. The average Bonchev–Trinajstić information content (AvgIpc) is 2.86. The highest BCUT2D eigenvalue weighted by Gasteiger charge is 2.27. The summed E-state index contributed by atoms with van der Waals surface area (Å²) in [5.74, 6) is 1.33. The number of ketones is 1. The van der Waals surface area contributed by atoms with Gasteiger partial charge >= 0.3 is 0 Å². The van der Waals surface area contributed by atoms with Crippen LogP contribution in [0, 0.1) is 6.92 Å². The predicted octanol–water partition coefficient (Wildman–Crippen LogP) is 2.16. The Labute approximate surface area is 123 Å². The first-order valence-electron chi connectivity index (χ1n) is 7.12. The predicted molar refractivity (Wildman–Crippen MR) is 77.7 cm³/mol. The number of fused-ring (bicyclic) bond motifs is 1. The van der Waals surface area contributed by atoms with Crippen molar-refractivity contribution >= 4 is 5.78 Å². The number of benzene rings is 1. The fourth-order valence-corrected chi connectivity index (χ4v) is 2.49. The van der Waals surface area contributed by atoms with E-state index >= 15 is 0 Å². The van der Waals surface area contributed by atoms with Crippen LogP contribution < -0.4 is 9.47 Å². The molecular formula is C16H18N2O3. The molecule has 5 heteroatoms. The van der Waals surface area contributed by atoms with Crippen LogP contribution in [0.4, 0.5) is 0 Å².